The molecular formula is C23H20N2O3. The van der Waals surface area contributed by atoms with Gasteiger partial charge in [0, 0.05) is 16.7 Å². The highest BCUT2D eigenvalue weighted by Crippen LogP contribution is 2.49. The van der Waals surface area contributed by atoms with E-state index in [0.717, 1.165) is 22.4 Å². The van der Waals surface area contributed by atoms with Gasteiger partial charge in [-0.1, -0.05) is 31.2 Å². The van der Waals surface area contributed by atoms with Gasteiger partial charge >= 0.3 is 0 Å². The molecule has 0 radical (unpaired) electrons. The number of nitriles is 1. The highest BCUT2D eigenvalue weighted by atomic mass is 16.5. The number of ether oxygens (including phenoxy) is 2. The smallest absolute Gasteiger partial charge is 0.266 e. The van der Waals surface area contributed by atoms with Crippen molar-refractivity contribution >= 4 is 0 Å². The number of aromatic nitrogens is 1. The number of hydrogen-bond donors (Lipinski definition) is 1. The van der Waals surface area contributed by atoms with E-state index in [1.165, 1.54) is 0 Å². The second-order valence-electron chi connectivity index (χ2n) is 6.98. The van der Waals surface area contributed by atoms with Gasteiger partial charge in [0.15, 0.2) is 0 Å². The van der Waals surface area contributed by atoms with Crippen LogP contribution in [0, 0.1) is 11.3 Å². The molecule has 0 spiro atoms. The van der Waals surface area contributed by atoms with Crippen LogP contribution in [0.4, 0.5) is 0 Å². The normalized spacial score (nSPS) is 17.1. The highest BCUT2D eigenvalue weighted by Gasteiger charge is 2.39. The molecule has 2 aromatic carbocycles. The van der Waals surface area contributed by atoms with Crippen LogP contribution in [-0.2, 0) is 5.60 Å². The maximum atomic E-state index is 12.8. The number of H-pyrrole nitrogens is 1. The lowest BCUT2D eigenvalue weighted by molar-refractivity contribution is 0.0797. The zero-order chi connectivity index (χ0) is 19.9. The van der Waals surface area contributed by atoms with Gasteiger partial charge in [0.05, 0.1) is 12.8 Å². The number of fused-ring (bicyclic) bond motifs is 3. The van der Waals surface area contributed by atoms with E-state index >= 15 is 0 Å². The third-order valence-electron chi connectivity index (χ3n) is 5.40. The fraction of sp³-hybridized carbons (Fsp3) is 0.217. The van der Waals surface area contributed by atoms with Gasteiger partial charge in [0.2, 0.25) is 0 Å². The summed E-state index contributed by atoms with van der Waals surface area (Å²) in [6.45, 7) is 4.03. The molecule has 3 aromatic rings. The van der Waals surface area contributed by atoms with Gasteiger partial charge < -0.3 is 14.5 Å². The number of methoxy groups -OCH3 is 1. The molecule has 0 bridgehead atoms. The highest BCUT2D eigenvalue weighted by molar-refractivity contribution is 5.84. The molecule has 0 fully saturated rings. The van der Waals surface area contributed by atoms with Crippen molar-refractivity contribution in [3.05, 3.63) is 70.0 Å². The number of rotatable bonds is 3. The largest absolute Gasteiger partial charge is 0.497 e. The van der Waals surface area contributed by atoms with Crippen LogP contribution >= 0.6 is 0 Å². The minimum atomic E-state index is -0.686. The molecule has 1 aliphatic heterocycles. The summed E-state index contributed by atoms with van der Waals surface area (Å²) in [5, 5.41) is 9.77. The molecule has 1 N–H and O–H groups in total. The molecule has 0 amide bonds. The van der Waals surface area contributed by atoms with E-state index in [2.05, 4.69) is 11.1 Å². The number of nitrogens with one attached hydrogen (secondary N) is 1. The van der Waals surface area contributed by atoms with Gasteiger partial charge in [-0.25, -0.2) is 0 Å². The molecule has 2 heterocycles. The second kappa shape index (κ2) is 6.58. The Hall–Kier alpha value is -3.52. The summed E-state index contributed by atoms with van der Waals surface area (Å²) in [6, 6.07) is 17.1. The van der Waals surface area contributed by atoms with Crippen molar-refractivity contribution < 1.29 is 9.47 Å². The van der Waals surface area contributed by atoms with E-state index in [0.29, 0.717) is 23.4 Å². The van der Waals surface area contributed by atoms with Crippen molar-refractivity contribution in [3.8, 4) is 40.0 Å². The Morgan fingerprint density at radius 1 is 1.18 bits per heavy atom. The maximum Gasteiger partial charge on any atom is 0.266 e. The first kappa shape index (κ1) is 17.9. The third-order valence-corrected chi connectivity index (χ3v) is 5.40. The monoisotopic (exact) mass is 372 g/mol. The minimum absolute atomic E-state index is 0.0894. The van der Waals surface area contributed by atoms with Crippen molar-refractivity contribution in [3.63, 3.8) is 0 Å². The van der Waals surface area contributed by atoms with Gasteiger partial charge in [0.1, 0.15) is 28.7 Å². The number of nitrogens with zero attached hydrogens (tertiary/aromatic N) is 1. The van der Waals surface area contributed by atoms with Crippen LogP contribution in [-0.4, -0.2) is 12.1 Å². The Bertz CT molecular complexity index is 1160. The molecule has 4 rings (SSSR count). The Morgan fingerprint density at radius 2 is 1.89 bits per heavy atom. The summed E-state index contributed by atoms with van der Waals surface area (Å²) < 4.78 is 11.6. The summed E-state index contributed by atoms with van der Waals surface area (Å²) >= 11 is 0. The first-order chi connectivity index (χ1) is 13.5. The summed E-state index contributed by atoms with van der Waals surface area (Å²) in [5.41, 5.74) is 2.75. The summed E-state index contributed by atoms with van der Waals surface area (Å²) in [4.78, 5) is 15.7. The Kier molecular flexibility index (Phi) is 4.20. The fourth-order valence-corrected chi connectivity index (χ4v) is 3.79. The molecule has 28 heavy (non-hydrogen) atoms. The molecule has 0 saturated carbocycles. The second-order valence-corrected chi connectivity index (χ2v) is 6.98. The minimum Gasteiger partial charge on any atom is -0.497 e. The van der Waals surface area contributed by atoms with Crippen LogP contribution in [0.2, 0.25) is 0 Å². The topological polar surface area (TPSA) is 75.1 Å². The third kappa shape index (κ3) is 2.57. The van der Waals surface area contributed by atoms with Gasteiger partial charge in [-0.05, 0) is 43.2 Å². The number of hydrogen-bond acceptors (Lipinski definition) is 4. The number of pyridine rings is 1. The Morgan fingerprint density at radius 3 is 2.54 bits per heavy atom. The molecule has 1 aromatic heterocycles. The molecule has 140 valence electrons. The van der Waals surface area contributed by atoms with Crippen molar-refractivity contribution in [2.45, 2.75) is 25.9 Å². The van der Waals surface area contributed by atoms with Crippen molar-refractivity contribution in [2.24, 2.45) is 0 Å². The molecule has 0 saturated heterocycles. The van der Waals surface area contributed by atoms with E-state index < -0.39 is 11.2 Å². The number of para-hydroxylation sites is 1. The standard InChI is InChI=1S/C23H20N2O3/c1-4-23(2)20-19(14-9-11-15(27-3)12-10-14)17(13-24)22(26)25-21(20)16-7-5-6-8-18(16)28-23/h5-12H,4H2,1-3H3,(H,25,26). The van der Waals surface area contributed by atoms with Crippen molar-refractivity contribution in [1.29, 1.82) is 5.26 Å². The van der Waals surface area contributed by atoms with Crippen LogP contribution < -0.4 is 15.0 Å². The molecular weight excluding hydrogens is 352 g/mol. The first-order valence-electron chi connectivity index (χ1n) is 9.16. The van der Waals surface area contributed by atoms with E-state index in [9.17, 15) is 10.1 Å². The predicted octanol–water partition coefficient (Wildman–Crippen LogP) is 4.61. The molecule has 0 aliphatic carbocycles. The quantitative estimate of drug-likeness (QED) is 0.729. The van der Waals surface area contributed by atoms with E-state index in [4.69, 9.17) is 9.47 Å². The van der Waals surface area contributed by atoms with Gasteiger partial charge in [0.25, 0.3) is 5.56 Å². The van der Waals surface area contributed by atoms with E-state index in [1.54, 1.807) is 7.11 Å². The van der Waals surface area contributed by atoms with Crippen LogP contribution in [0.1, 0.15) is 31.4 Å². The number of benzene rings is 2. The summed E-state index contributed by atoms with van der Waals surface area (Å²) in [6.07, 6.45) is 0.675. The molecule has 1 unspecified atom stereocenters. The zero-order valence-electron chi connectivity index (χ0n) is 16.0. The van der Waals surface area contributed by atoms with Crippen LogP contribution in [0.15, 0.2) is 53.3 Å². The van der Waals surface area contributed by atoms with Crippen LogP contribution in [0.3, 0.4) is 0 Å². The van der Waals surface area contributed by atoms with E-state index in [1.807, 2.05) is 62.4 Å². The van der Waals surface area contributed by atoms with Gasteiger partial charge in [-0.3, -0.25) is 4.79 Å². The number of aromatic amines is 1. The molecule has 1 atom stereocenters. The zero-order valence-corrected chi connectivity index (χ0v) is 16.0. The first-order valence-corrected chi connectivity index (χ1v) is 9.16. The molecule has 1 aliphatic rings. The lowest BCUT2D eigenvalue weighted by atomic mass is 9.80. The Balaban J connectivity index is 2.13. The average molecular weight is 372 g/mol. The lowest BCUT2D eigenvalue weighted by Gasteiger charge is -2.38. The predicted molar refractivity (Wildman–Crippen MR) is 107 cm³/mol. The van der Waals surface area contributed by atoms with Crippen LogP contribution in [0.25, 0.3) is 22.4 Å². The SMILES string of the molecule is CCC1(C)Oc2ccccc2-c2[nH]c(=O)c(C#N)c(-c3ccc(OC)cc3)c21. The maximum absolute atomic E-state index is 12.8. The molecule has 5 nitrogen and oxygen atoms in total. The fourth-order valence-electron chi connectivity index (χ4n) is 3.79. The lowest BCUT2D eigenvalue weighted by Crippen LogP contribution is -2.35. The average Bonchev–Trinajstić information content (AvgIpc) is 2.73. The van der Waals surface area contributed by atoms with Gasteiger partial charge in [-0.2, -0.15) is 5.26 Å². The molecule has 5 heteroatoms. The van der Waals surface area contributed by atoms with Gasteiger partial charge in [-0.15, -0.1) is 0 Å². The summed E-state index contributed by atoms with van der Waals surface area (Å²) in [5.74, 6) is 1.43. The van der Waals surface area contributed by atoms with Crippen molar-refractivity contribution in [1.82, 2.24) is 4.98 Å². The van der Waals surface area contributed by atoms with Crippen molar-refractivity contribution in [2.75, 3.05) is 7.11 Å². The van der Waals surface area contributed by atoms with E-state index in [-0.39, 0.29) is 5.56 Å². The Labute approximate surface area is 163 Å². The van der Waals surface area contributed by atoms with Crippen LogP contribution in [0.5, 0.6) is 11.5 Å². The summed E-state index contributed by atoms with van der Waals surface area (Å²) in [7, 11) is 1.60.